The Kier molecular flexibility index (Phi) is 7.47. The first-order chi connectivity index (χ1) is 18.9. The molecule has 0 radical (unpaired) electrons. The molecule has 0 bridgehead atoms. The van der Waals surface area contributed by atoms with Gasteiger partial charge in [-0.25, -0.2) is 0 Å². The number of fused-ring (bicyclic) bond motifs is 1. The minimum Gasteiger partial charge on any atom is -0.376 e. The van der Waals surface area contributed by atoms with Crippen LogP contribution < -0.4 is 16.0 Å². The molecule has 0 saturated heterocycles. The zero-order valence-electron chi connectivity index (χ0n) is 22.2. The van der Waals surface area contributed by atoms with Crippen molar-refractivity contribution in [2.45, 2.75) is 82.8 Å². The second kappa shape index (κ2) is 10.7. The molecule has 3 aliphatic carbocycles. The van der Waals surface area contributed by atoms with E-state index >= 15 is 0 Å². The molecular weight excluding hydrogens is 527 g/mol. The zero-order chi connectivity index (χ0) is 28.8. The van der Waals surface area contributed by atoms with Crippen molar-refractivity contribution in [3.63, 3.8) is 0 Å². The van der Waals surface area contributed by atoms with E-state index in [9.17, 15) is 32.7 Å². The van der Waals surface area contributed by atoms with Crippen molar-refractivity contribution < 1.29 is 32.7 Å². The van der Waals surface area contributed by atoms with Gasteiger partial charge < -0.3 is 21.1 Å². The molecule has 4 N–H and O–H groups in total. The molecule has 1 aromatic carbocycles. The van der Waals surface area contributed by atoms with Gasteiger partial charge in [0.05, 0.1) is 6.04 Å². The summed E-state index contributed by atoms with van der Waals surface area (Å²) in [6, 6.07) is 5.06. The maximum absolute atomic E-state index is 13.6. The molecule has 214 valence electrons. The van der Waals surface area contributed by atoms with Crippen LogP contribution in [0.2, 0.25) is 0 Å². The third-order valence-corrected chi connectivity index (χ3v) is 7.53. The summed E-state index contributed by atoms with van der Waals surface area (Å²) in [6.45, 7) is 3.83. The fourth-order valence-electron chi connectivity index (χ4n) is 5.33. The van der Waals surface area contributed by atoms with E-state index in [0.717, 1.165) is 36.8 Å². The van der Waals surface area contributed by atoms with E-state index in [-0.39, 0.29) is 23.8 Å². The molecule has 40 heavy (non-hydrogen) atoms. The highest BCUT2D eigenvalue weighted by Gasteiger charge is 2.44. The fraction of sp³-hybridized carbons (Fsp3) is 0.500. The van der Waals surface area contributed by atoms with Gasteiger partial charge in [-0.05, 0) is 93.2 Å². The highest BCUT2D eigenvalue weighted by Crippen LogP contribution is 2.46. The van der Waals surface area contributed by atoms with Crippen molar-refractivity contribution in [1.29, 1.82) is 0 Å². The van der Waals surface area contributed by atoms with Crippen LogP contribution in [0.25, 0.3) is 0 Å². The van der Waals surface area contributed by atoms with Crippen molar-refractivity contribution in [3.05, 3.63) is 58.4 Å². The lowest BCUT2D eigenvalue weighted by Gasteiger charge is -2.23. The molecule has 5 rings (SSSR count). The highest BCUT2D eigenvalue weighted by atomic mass is 19.4. The molecule has 1 heterocycles. The van der Waals surface area contributed by atoms with E-state index in [0.29, 0.717) is 29.8 Å². The van der Waals surface area contributed by atoms with Crippen LogP contribution in [0.15, 0.2) is 41.6 Å². The Balaban J connectivity index is 1.32. The van der Waals surface area contributed by atoms with Crippen molar-refractivity contribution in [1.82, 2.24) is 20.4 Å². The van der Waals surface area contributed by atoms with Gasteiger partial charge in [-0.1, -0.05) is 11.6 Å². The molecule has 2 fully saturated rings. The summed E-state index contributed by atoms with van der Waals surface area (Å²) in [7, 11) is 0. The number of aromatic nitrogens is 2. The van der Waals surface area contributed by atoms with Crippen LogP contribution >= 0.6 is 0 Å². The Morgan fingerprint density at radius 3 is 2.40 bits per heavy atom. The number of halogens is 3. The van der Waals surface area contributed by atoms with Crippen molar-refractivity contribution in [2.75, 3.05) is 5.32 Å². The fourth-order valence-corrected chi connectivity index (χ4v) is 5.33. The van der Waals surface area contributed by atoms with Gasteiger partial charge in [0, 0.05) is 17.9 Å². The molecule has 3 aliphatic rings. The minimum atomic E-state index is -5.05. The smallest absolute Gasteiger partial charge is 0.376 e. The summed E-state index contributed by atoms with van der Waals surface area (Å²) in [5, 5.41) is 21.6. The van der Waals surface area contributed by atoms with Crippen molar-refractivity contribution in [3.8, 4) is 0 Å². The summed E-state index contributed by atoms with van der Waals surface area (Å²) in [5.74, 6) is -2.00. The van der Waals surface area contributed by atoms with Gasteiger partial charge in [-0.3, -0.25) is 19.1 Å². The number of nitrogens with one attached hydrogen (secondary N) is 3. The normalized spacial score (nSPS) is 19.6. The number of aliphatic hydroxyl groups excluding tert-OH is 1. The number of amides is 3. The summed E-state index contributed by atoms with van der Waals surface area (Å²) in [4.78, 5) is 38.8. The van der Waals surface area contributed by atoms with E-state index in [1.807, 2.05) is 13.8 Å². The van der Waals surface area contributed by atoms with Gasteiger partial charge in [-0.2, -0.15) is 18.3 Å². The molecule has 3 atom stereocenters. The van der Waals surface area contributed by atoms with Gasteiger partial charge in [0.15, 0.2) is 0 Å². The van der Waals surface area contributed by atoms with Crippen LogP contribution in [0.4, 0.5) is 18.9 Å². The number of hydrogen-bond donors (Lipinski definition) is 4. The van der Waals surface area contributed by atoms with Gasteiger partial charge in [0.25, 0.3) is 17.7 Å². The lowest BCUT2D eigenvalue weighted by Crippen LogP contribution is -2.46. The topological polar surface area (TPSA) is 125 Å². The van der Waals surface area contributed by atoms with Crippen LogP contribution in [-0.2, 0) is 16.0 Å². The van der Waals surface area contributed by atoms with E-state index in [1.54, 1.807) is 35.1 Å². The number of carbonyl (C=O) groups is 3. The largest absolute Gasteiger partial charge is 0.423 e. The van der Waals surface area contributed by atoms with Crippen LogP contribution in [0.3, 0.4) is 0 Å². The molecule has 0 spiro atoms. The van der Waals surface area contributed by atoms with Gasteiger partial charge in [0.2, 0.25) is 6.10 Å². The van der Waals surface area contributed by atoms with E-state index in [1.165, 1.54) is 5.57 Å². The first-order valence-corrected chi connectivity index (χ1v) is 13.5. The third kappa shape index (κ3) is 5.91. The van der Waals surface area contributed by atoms with Crippen LogP contribution in [0.1, 0.15) is 79.7 Å². The maximum atomic E-state index is 13.6. The average Bonchev–Trinajstić information content (AvgIpc) is 3.82. The molecule has 12 heteroatoms. The number of carbonyl (C=O) groups excluding carboxylic acids is 3. The van der Waals surface area contributed by atoms with Gasteiger partial charge >= 0.3 is 6.18 Å². The number of allylic oxidation sites excluding steroid dienone is 1. The number of aryl methyl sites for hydroxylation is 1. The van der Waals surface area contributed by atoms with Crippen LogP contribution in [-0.4, -0.2) is 50.9 Å². The summed E-state index contributed by atoms with van der Waals surface area (Å²) in [5.41, 5.74) is 4.43. The minimum absolute atomic E-state index is 0.0375. The SMILES string of the molecule is CC(C)n1nccc1C(=O)N[C@H](C(=O)Nc1ccc2c(c1)CC[C@H]2NC(=O)[C@H](O)C(F)(F)F)C(=C1CC1)C1CC1. The maximum Gasteiger partial charge on any atom is 0.423 e. The molecule has 2 aromatic rings. The summed E-state index contributed by atoms with van der Waals surface area (Å²) >= 11 is 0. The molecule has 9 nitrogen and oxygen atoms in total. The van der Waals surface area contributed by atoms with E-state index < -0.39 is 30.3 Å². The van der Waals surface area contributed by atoms with Gasteiger partial charge in [0.1, 0.15) is 11.7 Å². The summed E-state index contributed by atoms with van der Waals surface area (Å²) in [6.07, 6.45) is -2.00. The van der Waals surface area contributed by atoms with Crippen molar-refractivity contribution >= 4 is 23.4 Å². The molecular formula is C28H32F3N5O4. The number of benzene rings is 1. The summed E-state index contributed by atoms with van der Waals surface area (Å²) < 4.78 is 39.7. The Bertz CT molecular complexity index is 1360. The van der Waals surface area contributed by atoms with E-state index in [4.69, 9.17) is 0 Å². The lowest BCUT2D eigenvalue weighted by molar-refractivity contribution is -0.205. The second-order valence-electron chi connectivity index (χ2n) is 10.9. The number of aliphatic hydroxyl groups is 1. The number of nitrogens with zero attached hydrogens (tertiary/aromatic N) is 2. The first kappa shape index (κ1) is 27.9. The molecule has 3 amide bonds. The molecule has 0 unspecified atom stereocenters. The quantitative estimate of drug-likeness (QED) is 0.349. The lowest BCUT2D eigenvalue weighted by atomic mass is 9.99. The Hall–Kier alpha value is -3.67. The Labute approximate surface area is 229 Å². The molecule has 1 aromatic heterocycles. The standard InChI is InChI=1S/C28H32F3N5O4/c1-14(2)36-21(11-12-32-36)25(38)35-23(22(15-3-4-15)16-5-6-16)26(39)33-18-8-9-19-17(13-18)7-10-20(19)34-27(40)24(37)28(29,30)31/h8-9,11-15,20,23-24,37H,3-7,10H2,1-2H3,(H,33,39)(H,34,40)(H,35,38)/t20-,23+,24+/m1/s1. The number of hydrogen-bond acceptors (Lipinski definition) is 5. The highest BCUT2D eigenvalue weighted by molar-refractivity contribution is 6.02. The Morgan fingerprint density at radius 2 is 1.77 bits per heavy atom. The number of anilines is 1. The van der Waals surface area contributed by atoms with Crippen LogP contribution in [0, 0.1) is 5.92 Å². The average molecular weight is 560 g/mol. The number of rotatable bonds is 9. The predicted octanol–water partition coefficient (Wildman–Crippen LogP) is 3.73. The molecule has 0 aliphatic heterocycles. The zero-order valence-corrected chi connectivity index (χ0v) is 22.2. The monoisotopic (exact) mass is 559 g/mol. The number of alkyl halides is 3. The van der Waals surface area contributed by atoms with Crippen LogP contribution in [0.5, 0.6) is 0 Å². The molecule has 2 saturated carbocycles. The Morgan fingerprint density at radius 1 is 1.05 bits per heavy atom. The first-order valence-electron chi connectivity index (χ1n) is 13.5. The van der Waals surface area contributed by atoms with Gasteiger partial charge in [-0.15, -0.1) is 0 Å². The van der Waals surface area contributed by atoms with Crippen molar-refractivity contribution in [2.24, 2.45) is 5.92 Å². The van der Waals surface area contributed by atoms with E-state index in [2.05, 4.69) is 21.0 Å². The predicted molar refractivity (Wildman–Crippen MR) is 139 cm³/mol. The third-order valence-electron chi connectivity index (χ3n) is 7.53. The second-order valence-corrected chi connectivity index (χ2v) is 10.9.